The van der Waals surface area contributed by atoms with Crippen molar-refractivity contribution in [2.45, 2.75) is 19.8 Å². The first-order valence-electron chi connectivity index (χ1n) is 6.69. The third kappa shape index (κ3) is 3.26. The molecule has 0 amide bonds. The van der Waals surface area contributed by atoms with Crippen molar-refractivity contribution in [1.82, 2.24) is 0 Å². The molecule has 1 N–H and O–H groups in total. The third-order valence-corrected chi connectivity index (χ3v) is 3.64. The molecule has 1 aliphatic heterocycles. The highest BCUT2D eigenvalue weighted by atomic mass is 16.5. The van der Waals surface area contributed by atoms with Crippen LogP contribution in [0, 0.1) is 12.8 Å². The molecule has 104 valence electrons. The summed E-state index contributed by atoms with van der Waals surface area (Å²) in [5.41, 5.74) is 2.21. The molecule has 1 aromatic rings. The summed E-state index contributed by atoms with van der Waals surface area (Å²) in [5, 5.41) is 9.34. The van der Waals surface area contributed by atoms with E-state index in [1.165, 1.54) is 0 Å². The molecule has 1 heterocycles. The van der Waals surface area contributed by atoms with Gasteiger partial charge in [-0.3, -0.25) is 0 Å². The zero-order chi connectivity index (χ0) is 13.8. The van der Waals surface area contributed by atoms with Gasteiger partial charge in [-0.25, -0.2) is 4.79 Å². The lowest BCUT2D eigenvalue weighted by atomic mass is 9.97. The Hall–Kier alpha value is -1.55. The van der Waals surface area contributed by atoms with Crippen LogP contribution in [0.25, 0.3) is 0 Å². The van der Waals surface area contributed by atoms with Crippen molar-refractivity contribution in [3.63, 3.8) is 0 Å². The summed E-state index contributed by atoms with van der Waals surface area (Å²) >= 11 is 0. The molecule has 19 heavy (non-hydrogen) atoms. The van der Waals surface area contributed by atoms with Gasteiger partial charge in [0.2, 0.25) is 0 Å². The maximum atomic E-state index is 11.4. The zero-order valence-corrected chi connectivity index (χ0v) is 11.6. The predicted octanol–water partition coefficient (Wildman–Crippen LogP) is 2.56. The molecule has 4 heteroatoms. The number of aromatic carboxylic acids is 1. The number of rotatable bonds is 4. The summed E-state index contributed by atoms with van der Waals surface area (Å²) in [6.07, 6.45) is 2.24. The van der Waals surface area contributed by atoms with Crippen LogP contribution in [-0.2, 0) is 4.74 Å². The summed E-state index contributed by atoms with van der Waals surface area (Å²) < 4.78 is 5.22. The maximum absolute atomic E-state index is 11.4. The van der Waals surface area contributed by atoms with E-state index >= 15 is 0 Å². The highest BCUT2D eigenvalue weighted by Gasteiger charge is 2.23. The number of carbonyl (C=O) groups is 1. The topological polar surface area (TPSA) is 49.8 Å². The molecule has 0 aromatic heterocycles. The highest BCUT2D eigenvalue weighted by Crippen LogP contribution is 2.27. The molecule has 0 spiro atoms. The van der Waals surface area contributed by atoms with E-state index < -0.39 is 5.97 Å². The van der Waals surface area contributed by atoms with Crippen molar-refractivity contribution >= 4 is 11.7 Å². The Morgan fingerprint density at radius 1 is 1.53 bits per heavy atom. The normalized spacial score (nSPS) is 19.5. The van der Waals surface area contributed by atoms with E-state index in [0.29, 0.717) is 11.5 Å². The van der Waals surface area contributed by atoms with Gasteiger partial charge in [0.05, 0.1) is 17.9 Å². The number of carboxylic acids is 1. The number of methoxy groups -OCH3 is 1. The minimum Gasteiger partial charge on any atom is -0.478 e. The number of carboxylic acid groups (broad SMARTS) is 1. The Balaban J connectivity index is 2.23. The fraction of sp³-hybridized carbons (Fsp3) is 0.533. The van der Waals surface area contributed by atoms with Crippen molar-refractivity contribution in [3.05, 3.63) is 29.3 Å². The lowest BCUT2D eigenvalue weighted by molar-refractivity contribution is 0.0697. The average Bonchev–Trinajstić information content (AvgIpc) is 2.39. The second-order valence-electron chi connectivity index (χ2n) is 5.24. The molecular formula is C15H21NO3. The van der Waals surface area contributed by atoms with E-state index in [-0.39, 0.29) is 0 Å². The van der Waals surface area contributed by atoms with Crippen molar-refractivity contribution < 1.29 is 14.6 Å². The van der Waals surface area contributed by atoms with Gasteiger partial charge in [0.15, 0.2) is 0 Å². The van der Waals surface area contributed by atoms with Crippen LogP contribution in [0.2, 0.25) is 0 Å². The molecule has 1 atom stereocenters. The van der Waals surface area contributed by atoms with Gasteiger partial charge >= 0.3 is 5.97 Å². The molecule has 1 unspecified atom stereocenters. The molecule has 1 fully saturated rings. The van der Waals surface area contributed by atoms with Gasteiger partial charge < -0.3 is 14.7 Å². The van der Waals surface area contributed by atoms with E-state index in [2.05, 4.69) is 4.90 Å². The Morgan fingerprint density at radius 3 is 3.00 bits per heavy atom. The molecule has 4 nitrogen and oxygen atoms in total. The predicted molar refractivity (Wildman–Crippen MR) is 75.0 cm³/mol. The largest absolute Gasteiger partial charge is 0.478 e. The van der Waals surface area contributed by atoms with Crippen LogP contribution in [0.15, 0.2) is 18.2 Å². The quantitative estimate of drug-likeness (QED) is 0.907. The summed E-state index contributed by atoms with van der Waals surface area (Å²) in [5.74, 6) is -0.366. The van der Waals surface area contributed by atoms with Crippen LogP contribution < -0.4 is 4.90 Å². The van der Waals surface area contributed by atoms with Crippen LogP contribution >= 0.6 is 0 Å². The zero-order valence-electron chi connectivity index (χ0n) is 11.6. The van der Waals surface area contributed by atoms with Gasteiger partial charge in [-0.05, 0) is 37.8 Å². The van der Waals surface area contributed by atoms with E-state index in [4.69, 9.17) is 4.74 Å². The number of anilines is 1. The molecule has 0 radical (unpaired) electrons. The molecule has 1 saturated heterocycles. The monoisotopic (exact) mass is 263 g/mol. The lowest BCUT2D eigenvalue weighted by Gasteiger charge is -2.35. The first-order valence-corrected chi connectivity index (χ1v) is 6.69. The van der Waals surface area contributed by atoms with Gasteiger partial charge in [-0.2, -0.15) is 0 Å². The number of benzene rings is 1. The van der Waals surface area contributed by atoms with Gasteiger partial charge in [-0.15, -0.1) is 0 Å². The minimum atomic E-state index is -0.854. The summed E-state index contributed by atoms with van der Waals surface area (Å²) in [4.78, 5) is 13.5. The molecule has 1 aliphatic rings. The van der Waals surface area contributed by atoms with Gasteiger partial charge in [0.1, 0.15) is 0 Å². The van der Waals surface area contributed by atoms with Gasteiger partial charge in [-0.1, -0.05) is 11.6 Å². The van der Waals surface area contributed by atoms with Crippen molar-refractivity contribution in [2.75, 3.05) is 31.7 Å². The molecule has 2 rings (SSSR count). The standard InChI is InChI=1S/C15H21NO3/c1-11-5-6-14(13(8-11)15(17)18)16-7-3-4-12(9-16)10-19-2/h5-6,8,12H,3-4,7,9-10H2,1-2H3,(H,17,18). The number of hydrogen-bond donors (Lipinski definition) is 1. The Kier molecular flexibility index (Phi) is 4.43. The average molecular weight is 263 g/mol. The summed E-state index contributed by atoms with van der Waals surface area (Å²) in [6, 6.07) is 5.65. The van der Waals surface area contributed by atoms with Gasteiger partial charge in [0.25, 0.3) is 0 Å². The summed E-state index contributed by atoms with van der Waals surface area (Å²) in [7, 11) is 1.72. The maximum Gasteiger partial charge on any atom is 0.337 e. The third-order valence-electron chi connectivity index (χ3n) is 3.64. The van der Waals surface area contributed by atoms with E-state index in [0.717, 1.165) is 43.8 Å². The molecule has 0 bridgehead atoms. The van der Waals surface area contributed by atoms with E-state index in [1.54, 1.807) is 13.2 Å². The number of hydrogen-bond acceptors (Lipinski definition) is 3. The lowest BCUT2D eigenvalue weighted by Crippen LogP contribution is -2.37. The smallest absolute Gasteiger partial charge is 0.337 e. The second-order valence-corrected chi connectivity index (χ2v) is 5.24. The number of aryl methyl sites for hydroxylation is 1. The first-order chi connectivity index (χ1) is 9.11. The number of nitrogens with zero attached hydrogens (tertiary/aromatic N) is 1. The molecule has 0 aliphatic carbocycles. The number of ether oxygens (including phenoxy) is 1. The van der Waals surface area contributed by atoms with E-state index in [1.807, 2.05) is 19.1 Å². The van der Waals surface area contributed by atoms with Crippen molar-refractivity contribution in [2.24, 2.45) is 5.92 Å². The molecule has 0 saturated carbocycles. The van der Waals surface area contributed by atoms with Crippen LogP contribution in [0.3, 0.4) is 0 Å². The second kappa shape index (κ2) is 6.06. The van der Waals surface area contributed by atoms with E-state index in [9.17, 15) is 9.90 Å². The van der Waals surface area contributed by atoms with Crippen molar-refractivity contribution in [1.29, 1.82) is 0 Å². The Morgan fingerprint density at radius 2 is 2.32 bits per heavy atom. The summed E-state index contributed by atoms with van der Waals surface area (Å²) in [6.45, 7) is 4.45. The van der Waals surface area contributed by atoms with Crippen LogP contribution in [0.5, 0.6) is 0 Å². The van der Waals surface area contributed by atoms with Crippen LogP contribution in [0.4, 0.5) is 5.69 Å². The SMILES string of the molecule is COCC1CCCN(c2ccc(C)cc2C(=O)O)C1. The number of piperidine rings is 1. The minimum absolute atomic E-state index is 0.401. The van der Waals surface area contributed by atoms with Crippen LogP contribution in [-0.4, -0.2) is 37.9 Å². The molecular weight excluding hydrogens is 242 g/mol. The fourth-order valence-electron chi connectivity index (χ4n) is 2.75. The molecule has 1 aromatic carbocycles. The highest BCUT2D eigenvalue weighted by molar-refractivity contribution is 5.94. The van der Waals surface area contributed by atoms with Crippen molar-refractivity contribution in [3.8, 4) is 0 Å². The Bertz CT molecular complexity index is 457. The fourth-order valence-corrected chi connectivity index (χ4v) is 2.75. The Labute approximate surface area is 114 Å². The van der Waals surface area contributed by atoms with Crippen LogP contribution in [0.1, 0.15) is 28.8 Å². The first kappa shape index (κ1) is 13.9. The van der Waals surface area contributed by atoms with Gasteiger partial charge in [0, 0.05) is 20.2 Å².